The fourth-order valence-electron chi connectivity index (χ4n) is 6.08. The number of hydrogen-bond donors (Lipinski definition) is 3. The molecule has 32 heavy (non-hydrogen) atoms. The molecular formula is C26H35NO4S. The molecule has 1 heterocycles. The highest BCUT2D eigenvalue weighted by atomic mass is 32.1. The summed E-state index contributed by atoms with van der Waals surface area (Å²) in [6, 6.07) is 0.139. The number of hydrogen-bond acceptors (Lipinski definition) is 4. The van der Waals surface area contributed by atoms with Crippen LogP contribution in [0, 0.1) is 23.2 Å². The standard InChI is InChI=1S/C26H35NO4S/c1-15-10-18(28)13-19-20(14-32-24(15)19)25(31)27-23-16(8-6-4-5-7-9-22(29)30)11-17-12-21(23)26(17,2)3/h4,6,13-17,21,23,28H,5,7-12H2,1-3H3,(H,27,31)(H,29,30)/b6-4-. The molecule has 0 aromatic carbocycles. The maximum Gasteiger partial charge on any atom is 0.303 e. The Bertz CT molecular complexity index is 944. The van der Waals surface area contributed by atoms with Gasteiger partial charge < -0.3 is 15.5 Å². The van der Waals surface area contributed by atoms with Crippen molar-refractivity contribution in [3.05, 3.63) is 39.3 Å². The van der Waals surface area contributed by atoms with Gasteiger partial charge in [-0.3, -0.25) is 9.59 Å². The van der Waals surface area contributed by atoms with Gasteiger partial charge in [-0.2, -0.15) is 0 Å². The summed E-state index contributed by atoms with van der Waals surface area (Å²) in [4.78, 5) is 25.2. The van der Waals surface area contributed by atoms with E-state index >= 15 is 0 Å². The summed E-state index contributed by atoms with van der Waals surface area (Å²) >= 11 is 1.62. The molecule has 3 fully saturated rings. The predicted molar refractivity (Wildman–Crippen MR) is 128 cm³/mol. The van der Waals surface area contributed by atoms with E-state index in [-0.39, 0.29) is 29.7 Å². The first-order valence-electron chi connectivity index (χ1n) is 11.9. The molecule has 0 aliphatic heterocycles. The third kappa shape index (κ3) is 4.39. The number of carbonyl (C=O) groups excluding carboxylic acids is 1. The van der Waals surface area contributed by atoms with Crippen LogP contribution in [0.3, 0.4) is 0 Å². The van der Waals surface area contributed by atoms with Crippen molar-refractivity contribution >= 4 is 29.3 Å². The summed E-state index contributed by atoms with van der Waals surface area (Å²) in [5.41, 5.74) is 1.82. The molecule has 5 rings (SSSR count). The van der Waals surface area contributed by atoms with Crippen LogP contribution in [0.15, 0.2) is 23.3 Å². The van der Waals surface area contributed by atoms with Gasteiger partial charge in [-0.05, 0) is 67.3 Å². The van der Waals surface area contributed by atoms with Gasteiger partial charge in [-0.1, -0.05) is 32.9 Å². The Morgan fingerprint density at radius 1 is 1.28 bits per heavy atom. The number of allylic oxidation sites excluding steroid dienone is 3. The smallest absolute Gasteiger partial charge is 0.303 e. The van der Waals surface area contributed by atoms with E-state index in [9.17, 15) is 14.7 Å². The van der Waals surface area contributed by atoms with Gasteiger partial charge in [0.05, 0.1) is 11.3 Å². The molecule has 2 bridgehead atoms. The van der Waals surface area contributed by atoms with E-state index in [4.69, 9.17) is 5.11 Å². The van der Waals surface area contributed by atoms with Crippen molar-refractivity contribution in [2.24, 2.45) is 23.2 Å². The van der Waals surface area contributed by atoms with E-state index in [0.29, 0.717) is 41.9 Å². The van der Waals surface area contributed by atoms with Gasteiger partial charge in [0.15, 0.2) is 0 Å². The van der Waals surface area contributed by atoms with E-state index in [1.165, 1.54) is 11.3 Å². The maximum absolute atomic E-state index is 13.4. The highest BCUT2D eigenvalue weighted by Gasteiger charge is 2.57. The molecule has 1 amide bonds. The van der Waals surface area contributed by atoms with Crippen molar-refractivity contribution in [1.82, 2.24) is 5.32 Å². The quantitative estimate of drug-likeness (QED) is 0.323. The molecule has 5 nitrogen and oxygen atoms in total. The molecule has 1 aromatic rings. The normalized spacial score (nSPS) is 30.3. The summed E-state index contributed by atoms with van der Waals surface area (Å²) in [6.45, 7) is 6.76. The molecule has 5 unspecified atom stereocenters. The van der Waals surface area contributed by atoms with Gasteiger partial charge in [0.1, 0.15) is 0 Å². The Kier molecular flexibility index (Phi) is 6.53. The number of amides is 1. The van der Waals surface area contributed by atoms with Crippen LogP contribution in [0.4, 0.5) is 0 Å². The third-order valence-corrected chi connectivity index (χ3v) is 9.35. The number of carboxylic acids is 1. The van der Waals surface area contributed by atoms with Crippen LogP contribution in [-0.4, -0.2) is 28.1 Å². The van der Waals surface area contributed by atoms with Crippen molar-refractivity contribution in [3.63, 3.8) is 0 Å². The SMILES string of the molecule is CC1CC(O)=Cc2c(C(=O)NC3C(C/C=C\CCCC(=O)O)CC4CC3C4(C)C)csc21. The zero-order chi connectivity index (χ0) is 23.0. The molecule has 5 atom stereocenters. The Morgan fingerprint density at radius 2 is 2.06 bits per heavy atom. The number of carboxylic acid groups (broad SMARTS) is 1. The van der Waals surface area contributed by atoms with Crippen molar-refractivity contribution < 1.29 is 19.8 Å². The fourth-order valence-corrected chi connectivity index (χ4v) is 7.17. The second-order valence-corrected chi connectivity index (χ2v) is 11.4. The van der Waals surface area contributed by atoms with Gasteiger partial charge in [0, 0.05) is 34.7 Å². The van der Waals surface area contributed by atoms with Crippen LogP contribution < -0.4 is 5.32 Å². The van der Waals surface area contributed by atoms with Crippen LogP contribution >= 0.6 is 11.3 Å². The lowest BCUT2D eigenvalue weighted by molar-refractivity contribution is -0.137. The number of aliphatic hydroxyl groups is 1. The zero-order valence-electron chi connectivity index (χ0n) is 19.3. The van der Waals surface area contributed by atoms with E-state index in [1.54, 1.807) is 17.4 Å². The van der Waals surface area contributed by atoms with Gasteiger partial charge in [0.25, 0.3) is 5.91 Å². The Morgan fingerprint density at radius 3 is 2.78 bits per heavy atom. The van der Waals surface area contributed by atoms with E-state index in [0.717, 1.165) is 24.8 Å². The summed E-state index contributed by atoms with van der Waals surface area (Å²) in [5, 5.41) is 24.2. The second kappa shape index (κ2) is 9.05. The number of aliphatic hydroxyl groups excluding tert-OH is 1. The van der Waals surface area contributed by atoms with Gasteiger partial charge in [-0.15, -0.1) is 11.3 Å². The molecule has 4 aliphatic rings. The molecule has 6 heteroatoms. The Hall–Kier alpha value is -2.08. The number of fused-ring (bicyclic) bond motifs is 3. The number of unbranched alkanes of at least 4 members (excludes halogenated alkanes) is 1. The lowest BCUT2D eigenvalue weighted by atomic mass is 9.44. The summed E-state index contributed by atoms with van der Waals surface area (Å²) < 4.78 is 0. The van der Waals surface area contributed by atoms with Gasteiger partial charge in [-0.25, -0.2) is 0 Å². The number of thiophene rings is 1. The van der Waals surface area contributed by atoms with E-state index < -0.39 is 5.97 Å². The Balaban J connectivity index is 1.46. The molecule has 0 spiro atoms. The van der Waals surface area contributed by atoms with Gasteiger partial charge >= 0.3 is 5.97 Å². The van der Waals surface area contributed by atoms with E-state index in [2.05, 4.69) is 38.2 Å². The summed E-state index contributed by atoms with van der Waals surface area (Å²) in [5.74, 6) is 1.41. The van der Waals surface area contributed by atoms with Gasteiger partial charge in [0.2, 0.25) is 0 Å². The first kappa shape index (κ1) is 23.1. The maximum atomic E-state index is 13.4. The minimum atomic E-state index is -0.746. The average molecular weight is 458 g/mol. The summed E-state index contributed by atoms with van der Waals surface area (Å²) in [7, 11) is 0. The third-order valence-electron chi connectivity index (χ3n) is 8.12. The molecule has 3 saturated carbocycles. The fraction of sp³-hybridized carbons (Fsp3) is 0.615. The van der Waals surface area contributed by atoms with Crippen LogP contribution in [0.5, 0.6) is 0 Å². The van der Waals surface area contributed by atoms with Crippen molar-refractivity contribution in [1.29, 1.82) is 0 Å². The number of aliphatic carboxylic acids is 1. The van der Waals surface area contributed by atoms with Crippen LogP contribution in [0.1, 0.15) is 92.4 Å². The molecular weight excluding hydrogens is 422 g/mol. The molecule has 0 saturated heterocycles. The lowest BCUT2D eigenvalue weighted by Gasteiger charge is -2.62. The zero-order valence-corrected chi connectivity index (χ0v) is 20.1. The molecule has 174 valence electrons. The van der Waals surface area contributed by atoms with E-state index in [1.807, 2.05) is 5.38 Å². The number of nitrogens with one attached hydrogen (secondary N) is 1. The average Bonchev–Trinajstić information content (AvgIpc) is 3.15. The van der Waals surface area contributed by atoms with Crippen molar-refractivity contribution in [2.75, 3.05) is 0 Å². The number of carbonyl (C=O) groups is 2. The molecule has 4 aliphatic carbocycles. The minimum absolute atomic E-state index is 0.0257. The summed E-state index contributed by atoms with van der Waals surface area (Å²) in [6.07, 6.45) is 11.5. The second-order valence-electron chi connectivity index (χ2n) is 10.5. The first-order valence-corrected chi connectivity index (χ1v) is 12.7. The molecule has 0 radical (unpaired) electrons. The minimum Gasteiger partial charge on any atom is -0.512 e. The molecule has 1 aromatic heterocycles. The lowest BCUT2D eigenvalue weighted by Crippen LogP contribution is -2.63. The molecule has 3 N–H and O–H groups in total. The van der Waals surface area contributed by atoms with Crippen LogP contribution in [-0.2, 0) is 4.79 Å². The number of rotatable bonds is 8. The largest absolute Gasteiger partial charge is 0.512 e. The van der Waals surface area contributed by atoms with Crippen molar-refractivity contribution in [2.45, 2.75) is 77.7 Å². The highest BCUT2D eigenvalue weighted by molar-refractivity contribution is 7.10. The predicted octanol–water partition coefficient (Wildman–Crippen LogP) is 6.14. The monoisotopic (exact) mass is 457 g/mol. The Labute approximate surface area is 194 Å². The van der Waals surface area contributed by atoms with Crippen molar-refractivity contribution in [3.8, 4) is 0 Å². The highest BCUT2D eigenvalue weighted by Crippen LogP contribution is 2.61. The van der Waals surface area contributed by atoms with Crippen LogP contribution in [0.2, 0.25) is 0 Å². The topological polar surface area (TPSA) is 86.6 Å². The van der Waals surface area contributed by atoms with Crippen LogP contribution in [0.25, 0.3) is 6.08 Å². The first-order chi connectivity index (χ1) is 15.2.